The van der Waals surface area contributed by atoms with Gasteiger partial charge in [0.25, 0.3) is 0 Å². The summed E-state index contributed by atoms with van der Waals surface area (Å²) in [5, 5.41) is 20.4. The zero-order chi connectivity index (χ0) is 18.4. The summed E-state index contributed by atoms with van der Waals surface area (Å²) in [6, 6.07) is 2.12. The number of nitrogens with one attached hydrogen (secondary N) is 1. The third-order valence-corrected chi connectivity index (χ3v) is 4.60. The van der Waals surface area contributed by atoms with Crippen LogP contribution in [0.15, 0.2) is 18.5 Å². The van der Waals surface area contributed by atoms with E-state index in [1.807, 2.05) is 10.9 Å². The highest BCUT2D eigenvalue weighted by atomic mass is 16.3. The molecule has 8 heteroatoms. The van der Waals surface area contributed by atoms with E-state index in [-0.39, 0.29) is 12.5 Å². The topological polar surface area (TPSA) is 88.2 Å². The van der Waals surface area contributed by atoms with Crippen LogP contribution in [-0.2, 0) is 37.4 Å². The number of carbonyl (C=O) groups excluding carboxylic acids is 1. The second kappa shape index (κ2) is 8.95. The Morgan fingerprint density at radius 2 is 2.27 bits per heavy atom. The number of nitrogens with zero attached hydrogens (tertiary/aromatic N) is 5. The second-order valence-corrected chi connectivity index (χ2v) is 6.69. The molecule has 0 spiro atoms. The van der Waals surface area contributed by atoms with E-state index in [0.29, 0.717) is 19.4 Å². The summed E-state index contributed by atoms with van der Waals surface area (Å²) < 4.78 is 4.04. The van der Waals surface area contributed by atoms with Gasteiger partial charge in [-0.15, -0.1) is 0 Å². The first-order valence-electron chi connectivity index (χ1n) is 9.34. The summed E-state index contributed by atoms with van der Waals surface area (Å²) in [5.74, 6) is -0.0446. The quantitative estimate of drug-likeness (QED) is 0.718. The molecule has 142 valence electrons. The fraction of sp³-hybridized carbons (Fsp3) is 0.611. The van der Waals surface area contributed by atoms with Crippen molar-refractivity contribution >= 4 is 5.91 Å². The Hall–Kier alpha value is -2.19. The number of aliphatic hydroxyl groups excluding tert-OH is 1. The van der Waals surface area contributed by atoms with Gasteiger partial charge < -0.3 is 10.4 Å². The fourth-order valence-corrected chi connectivity index (χ4v) is 3.29. The van der Waals surface area contributed by atoms with Crippen LogP contribution in [0.1, 0.15) is 36.7 Å². The van der Waals surface area contributed by atoms with Crippen LogP contribution < -0.4 is 5.32 Å². The van der Waals surface area contributed by atoms with Crippen LogP contribution >= 0.6 is 0 Å². The first kappa shape index (κ1) is 18.6. The SMILES string of the molecule is CCn1cc(CN2CCCn3nc(CCC(=O)NCCO)cc3C2)cn1. The Morgan fingerprint density at radius 3 is 3.04 bits per heavy atom. The molecular weight excluding hydrogens is 332 g/mol. The molecule has 3 rings (SSSR count). The van der Waals surface area contributed by atoms with Crippen molar-refractivity contribution in [3.63, 3.8) is 0 Å². The third kappa shape index (κ3) is 4.92. The minimum atomic E-state index is -0.0446. The Kier molecular flexibility index (Phi) is 6.40. The lowest BCUT2D eigenvalue weighted by atomic mass is 10.2. The summed E-state index contributed by atoms with van der Waals surface area (Å²) >= 11 is 0. The van der Waals surface area contributed by atoms with Gasteiger partial charge in [0.05, 0.1) is 24.2 Å². The maximum absolute atomic E-state index is 11.7. The second-order valence-electron chi connectivity index (χ2n) is 6.69. The fourth-order valence-electron chi connectivity index (χ4n) is 3.29. The van der Waals surface area contributed by atoms with Crippen LogP contribution in [0.4, 0.5) is 0 Å². The first-order valence-corrected chi connectivity index (χ1v) is 9.34. The number of hydrogen-bond acceptors (Lipinski definition) is 5. The van der Waals surface area contributed by atoms with Gasteiger partial charge in [0.2, 0.25) is 5.91 Å². The predicted molar refractivity (Wildman–Crippen MR) is 97.3 cm³/mol. The van der Waals surface area contributed by atoms with Crippen molar-refractivity contribution in [1.29, 1.82) is 0 Å². The Morgan fingerprint density at radius 1 is 1.38 bits per heavy atom. The van der Waals surface area contributed by atoms with Gasteiger partial charge in [0.1, 0.15) is 0 Å². The minimum absolute atomic E-state index is 0.0302. The molecule has 0 atom stereocenters. The highest BCUT2D eigenvalue weighted by Gasteiger charge is 2.17. The minimum Gasteiger partial charge on any atom is -0.395 e. The van der Waals surface area contributed by atoms with Crippen molar-refractivity contribution in [2.75, 3.05) is 19.7 Å². The van der Waals surface area contributed by atoms with E-state index >= 15 is 0 Å². The van der Waals surface area contributed by atoms with E-state index in [9.17, 15) is 4.79 Å². The number of hydrogen-bond donors (Lipinski definition) is 2. The molecule has 0 aromatic carbocycles. The van der Waals surface area contributed by atoms with Crippen LogP contribution in [0.2, 0.25) is 0 Å². The monoisotopic (exact) mass is 360 g/mol. The predicted octanol–water partition coefficient (Wildman–Crippen LogP) is 0.547. The third-order valence-electron chi connectivity index (χ3n) is 4.60. The van der Waals surface area contributed by atoms with E-state index in [2.05, 4.69) is 44.3 Å². The Bertz CT molecular complexity index is 723. The molecule has 0 saturated heterocycles. The van der Waals surface area contributed by atoms with Crippen molar-refractivity contribution in [2.24, 2.45) is 0 Å². The number of amides is 1. The molecule has 1 aliphatic heterocycles. The van der Waals surface area contributed by atoms with Crippen molar-refractivity contribution < 1.29 is 9.90 Å². The molecule has 1 aliphatic rings. The van der Waals surface area contributed by atoms with Crippen LogP contribution in [0.5, 0.6) is 0 Å². The summed E-state index contributed by atoms with van der Waals surface area (Å²) in [6.07, 6.45) is 6.14. The van der Waals surface area contributed by atoms with Gasteiger partial charge in [-0.3, -0.25) is 19.1 Å². The van der Waals surface area contributed by atoms with E-state index in [1.54, 1.807) is 0 Å². The van der Waals surface area contributed by atoms with Crippen LogP contribution in [-0.4, -0.2) is 55.2 Å². The molecule has 2 N–H and O–H groups in total. The van der Waals surface area contributed by atoms with Crippen LogP contribution in [0, 0.1) is 0 Å². The summed E-state index contributed by atoms with van der Waals surface area (Å²) in [4.78, 5) is 14.1. The van der Waals surface area contributed by atoms with Crippen molar-refractivity contribution in [3.8, 4) is 0 Å². The summed E-state index contributed by atoms with van der Waals surface area (Å²) in [6.45, 7) is 6.97. The smallest absolute Gasteiger partial charge is 0.220 e. The Labute approximate surface area is 153 Å². The molecule has 26 heavy (non-hydrogen) atoms. The van der Waals surface area contributed by atoms with Gasteiger partial charge in [0.15, 0.2) is 0 Å². The summed E-state index contributed by atoms with van der Waals surface area (Å²) in [5.41, 5.74) is 3.40. The average Bonchev–Trinajstić information content (AvgIpc) is 3.20. The lowest BCUT2D eigenvalue weighted by Gasteiger charge is -2.18. The van der Waals surface area contributed by atoms with Gasteiger partial charge in [-0.05, 0) is 19.4 Å². The number of rotatable bonds is 8. The zero-order valence-corrected chi connectivity index (χ0v) is 15.4. The lowest BCUT2D eigenvalue weighted by molar-refractivity contribution is -0.121. The van der Waals surface area contributed by atoms with Crippen molar-refractivity contribution in [3.05, 3.63) is 35.4 Å². The van der Waals surface area contributed by atoms with Gasteiger partial charge >= 0.3 is 0 Å². The number of aliphatic hydroxyl groups is 1. The molecule has 0 bridgehead atoms. The Balaban J connectivity index is 1.57. The molecule has 0 aliphatic carbocycles. The van der Waals surface area contributed by atoms with Gasteiger partial charge in [-0.1, -0.05) is 0 Å². The van der Waals surface area contributed by atoms with Crippen molar-refractivity contribution in [2.45, 2.75) is 52.4 Å². The van der Waals surface area contributed by atoms with Gasteiger partial charge in [-0.2, -0.15) is 10.2 Å². The van der Waals surface area contributed by atoms with Gasteiger partial charge in [0, 0.05) is 63.9 Å². The van der Waals surface area contributed by atoms with E-state index in [0.717, 1.165) is 44.8 Å². The standard InChI is InChI=1S/C18H28N6O2/c1-2-23-13-15(11-20-23)12-22-7-3-8-24-17(14-22)10-16(21-24)4-5-18(26)19-6-9-25/h10-11,13,25H,2-9,12,14H2,1H3,(H,19,26). The normalized spacial score (nSPS) is 14.8. The van der Waals surface area contributed by atoms with E-state index in [1.165, 1.54) is 11.3 Å². The number of carbonyl (C=O) groups is 1. The molecule has 0 saturated carbocycles. The lowest BCUT2D eigenvalue weighted by Crippen LogP contribution is -2.26. The zero-order valence-electron chi connectivity index (χ0n) is 15.4. The highest BCUT2D eigenvalue weighted by molar-refractivity contribution is 5.76. The van der Waals surface area contributed by atoms with Gasteiger partial charge in [-0.25, -0.2) is 0 Å². The maximum Gasteiger partial charge on any atom is 0.220 e. The largest absolute Gasteiger partial charge is 0.395 e. The highest BCUT2D eigenvalue weighted by Crippen LogP contribution is 2.17. The molecule has 3 heterocycles. The molecule has 2 aromatic rings. The van der Waals surface area contributed by atoms with Crippen LogP contribution in [0.3, 0.4) is 0 Å². The average molecular weight is 360 g/mol. The molecule has 0 radical (unpaired) electrons. The summed E-state index contributed by atoms with van der Waals surface area (Å²) in [7, 11) is 0. The first-order chi connectivity index (χ1) is 12.7. The number of aryl methyl sites for hydroxylation is 3. The number of fused-ring (bicyclic) bond motifs is 1. The molecule has 2 aromatic heterocycles. The maximum atomic E-state index is 11.7. The molecule has 0 unspecified atom stereocenters. The molecule has 1 amide bonds. The van der Waals surface area contributed by atoms with E-state index in [4.69, 9.17) is 5.11 Å². The molecule has 0 fully saturated rings. The van der Waals surface area contributed by atoms with Crippen LogP contribution in [0.25, 0.3) is 0 Å². The van der Waals surface area contributed by atoms with E-state index < -0.39 is 0 Å². The number of aromatic nitrogens is 4. The molecule has 8 nitrogen and oxygen atoms in total. The van der Waals surface area contributed by atoms with Crippen molar-refractivity contribution in [1.82, 2.24) is 29.8 Å². The molecular formula is C18H28N6O2.